The van der Waals surface area contributed by atoms with Gasteiger partial charge in [0.15, 0.2) is 0 Å². The molecule has 2 aromatic carbocycles. The van der Waals surface area contributed by atoms with Crippen LogP contribution in [-0.4, -0.2) is 29.9 Å². The second kappa shape index (κ2) is 11.2. The largest absolute Gasteiger partial charge is 0.497 e. The lowest BCUT2D eigenvalue weighted by Crippen LogP contribution is -2.47. The molecule has 0 radical (unpaired) electrons. The average Bonchev–Trinajstić information content (AvgIpc) is 3.21. The first-order valence-corrected chi connectivity index (χ1v) is 13.0. The molecule has 1 N–H and O–H groups in total. The number of methoxy groups -OCH3 is 1. The Kier molecular flexibility index (Phi) is 8.08. The summed E-state index contributed by atoms with van der Waals surface area (Å²) >= 11 is 7.49. The number of aromatic nitrogens is 1. The summed E-state index contributed by atoms with van der Waals surface area (Å²) in [5.41, 5.74) is 1.93. The van der Waals surface area contributed by atoms with Gasteiger partial charge in [-0.2, -0.15) is 0 Å². The first-order chi connectivity index (χ1) is 16.9. The number of carbonyl (C=O) groups is 2. The van der Waals surface area contributed by atoms with Crippen molar-refractivity contribution in [2.75, 3.05) is 12.0 Å². The number of hydrogen-bond acceptors (Lipinski definition) is 5. The number of amides is 2. The van der Waals surface area contributed by atoms with Crippen LogP contribution in [0.5, 0.6) is 5.75 Å². The number of benzene rings is 2. The van der Waals surface area contributed by atoms with Gasteiger partial charge < -0.3 is 10.1 Å². The molecule has 1 saturated carbocycles. The lowest BCUT2D eigenvalue weighted by atomic mass is 9.94. The Morgan fingerprint density at radius 3 is 2.29 bits per heavy atom. The van der Waals surface area contributed by atoms with Crippen LogP contribution in [0.25, 0.3) is 0 Å². The number of carbonyl (C=O) groups excluding carboxylic acids is 2. The summed E-state index contributed by atoms with van der Waals surface area (Å²) in [6.45, 7) is 3.69. The quantitative estimate of drug-likeness (QED) is 0.406. The van der Waals surface area contributed by atoms with E-state index in [2.05, 4.69) is 10.3 Å². The summed E-state index contributed by atoms with van der Waals surface area (Å²) < 4.78 is 5.32. The van der Waals surface area contributed by atoms with Crippen molar-refractivity contribution in [3.8, 4) is 5.75 Å². The maximum atomic E-state index is 14.1. The van der Waals surface area contributed by atoms with Gasteiger partial charge in [-0.1, -0.05) is 43.0 Å². The number of rotatable bonds is 7. The summed E-state index contributed by atoms with van der Waals surface area (Å²) in [6, 6.07) is 13.5. The standard InChI is InChI=1S/C27H30ClN3O3S/c1-17-25(35-18(2)29-17)27(33)31(22-13-11-20(28)12-14-22)24(19-9-15-23(34-3)16-10-19)26(32)30-21-7-5-4-6-8-21/h9-16,21,24H,4-8H2,1-3H3,(H,30,32)/t24-/m0/s1. The minimum atomic E-state index is -0.877. The molecule has 0 bridgehead atoms. The van der Waals surface area contributed by atoms with E-state index in [1.165, 1.54) is 17.8 Å². The fourth-order valence-electron chi connectivity index (χ4n) is 4.56. The number of aryl methyl sites for hydroxylation is 2. The van der Waals surface area contributed by atoms with Crippen LogP contribution in [0.3, 0.4) is 0 Å². The molecule has 1 fully saturated rings. The van der Waals surface area contributed by atoms with Gasteiger partial charge in [-0.25, -0.2) is 4.98 Å². The normalized spacial score (nSPS) is 14.9. The van der Waals surface area contributed by atoms with Crippen molar-refractivity contribution in [3.63, 3.8) is 0 Å². The van der Waals surface area contributed by atoms with Crippen LogP contribution >= 0.6 is 22.9 Å². The molecular formula is C27H30ClN3O3S. The van der Waals surface area contributed by atoms with Gasteiger partial charge in [0.2, 0.25) is 5.91 Å². The topological polar surface area (TPSA) is 71.5 Å². The van der Waals surface area contributed by atoms with E-state index < -0.39 is 6.04 Å². The maximum absolute atomic E-state index is 14.1. The van der Waals surface area contributed by atoms with Crippen LogP contribution in [0, 0.1) is 13.8 Å². The molecule has 0 unspecified atom stereocenters. The molecule has 0 spiro atoms. The summed E-state index contributed by atoms with van der Waals surface area (Å²) in [5, 5.41) is 4.59. The highest BCUT2D eigenvalue weighted by atomic mass is 35.5. The minimum absolute atomic E-state index is 0.103. The molecule has 1 heterocycles. The highest BCUT2D eigenvalue weighted by Crippen LogP contribution is 2.34. The van der Waals surface area contributed by atoms with Crippen molar-refractivity contribution in [2.24, 2.45) is 0 Å². The first kappa shape index (κ1) is 25.2. The summed E-state index contributed by atoms with van der Waals surface area (Å²) in [5.74, 6) is 0.206. The Bertz CT molecular complexity index is 1170. The number of ether oxygens (including phenoxy) is 1. The molecule has 1 aromatic heterocycles. The molecule has 0 aliphatic heterocycles. The highest BCUT2D eigenvalue weighted by Gasteiger charge is 2.36. The number of nitrogens with zero attached hydrogens (tertiary/aromatic N) is 2. The molecule has 6 nitrogen and oxygen atoms in total. The van der Waals surface area contributed by atoms with Gasteiger partial charge in [0.1, 0.15) is 16.7 Å². The maximum Gasteiger partial charge on any atom is 0.271 e. The molecule has 3 aromatic rings. The molecule has 0 saturated heterocycles. The first-order valence-electron chi connectivity index (χ1n) is 11.8. The van der Waals surface area contributed by atoms with Crippen molar-refractivity contribution in [2.45, 2.75) is 58.0 Å². The predicted octanol–water partition coefficient (Wildman–Crippen LogP) is 6.26. The number of nitrogens with one attached hydrogen (secondary N) is 1. The van der Waals surface area contributed by atoms with Crippen LogP contribution in [0.15, 0.2) is 48.5 Å². The van der Waals surface area contributed by atoms with Gasteiger partial charge in [0, 0.05) is 16.8 Å². The average molecular weight is 512 g/mol. The van der Waals surface area contributed by atoms with Gasteiger partial charge in [-0.3, -0.25) is 14.5 Å². The molecule has 8 heteroatoms. The number of hydrogen-bond donors (Lipinski definition) is 1. The van der Waals surface area contributed by atoms with Crippen molar-refractivity contribution in [1.82, 2.24) is 10.3 Å². The second-order valence-corrected chi connectivity index (χ2v) is 10.5. The third-order valence-corrected chi connectivity index (χ3v) is 7.62. The lowest BCUT2D eigenvalue weighted by molar-refractivity contribution is -0.123. The molecular weight excluding hydrogens is 482 g/mol. The molecule has 2 amide bonds. The molecule has 4 rings (SSSR count). The monoisotopic (exact) mass is 511 g/mol. The van der Waals surface area contributed by atoms with E-state index >= 15 is 0 Å². The third-order valence-electron chi connectivity index (χ3n) is 6.31. The van der Waals surface area contributed by atoms with E-state index in [9.17, 15) is 9.59 Å². The lowest BCUT2D eigenvalue weighted by Gasteiger charge is -2.33. The van der Waals surface area contributed by atoms with Gasteiger partial charge in [-0.15, -0.1) is 11.3 Å². The summed E-state index contributed by atoms with van der Waals surface area (Å²) in [6.07, 6.45) is 5.27. The summed E-state index contributed by atoms with van der Waals surface area (Å²) in [7, 11) is 1.60. The van der Waals surface area contributed by atoms with E-state index in [4.69, 9.17) is 16.3 Å². The third kappa shape index (κ3) is 5.85. The Hall–Kier alpha value is -2.90. The highest BCUT2D eigenvalue weighted by molar-refractivity contribution is 7.13. The Labute approximate surface area is 215 Å². The van der Waals surface area contributed by atoms with Crippen molar-refractivity contribution in [1.29, 1.82) is 0 Å². The zero-order valence-corrected chi connectivity index (χ0v) is 21.8. The van der Waals surface area contributed by atoms with E-state index in [1.54, 1.807) is 36.3 Å². The van der Waals surface area contributed by atoms with E-state index in [1.807, 2.05) is 38.1 Å². The SMILES string of the molecule is COc1ccc([C@@H](C(=O)NC2CCCCC2)N(C(=O)c2sc(C)nc2C)c2ccc(Cl)cc2)cc1. The molecule has 184 valence electrons. The van der Waals surface area contributed by atoms with Crippen LogP contribution < -0.4 is 15.0 Å². The molecule has 1 atom stereocenters. The smallest absolute Gasteiger partial charge is 0.271 e. The summed E-state index contributed by atoms with van der Waals surface area (Å²) in [4.78, 5) is 34.5. The van der Waals surface area contributed by atoms with E-state index in [-0.39, 0.29) is 17.9 Å². The van der Waals surface area contributed by atoms with Crippen LogP contribution in [-0.2, 0) is 4.79 Å². The Balaban J connectivity index is 1.81. The minimum Gasteiger partial charge on any atom is -0.497 e. The molecule has 1 aliphatic carbocycles. The number of anilines is 1. The zero-order chi connectivity index (χ0) is 24.9. The van der Waals surface area contributed by atoms with Gasteiger partial charge in [0.05, 0.1) is 17.8 Å². The van der Waals surface area contributed by atoms with Crippen LogP contribution in [0.2, 0.25) is 5.02 Å². The van der Waals surface area contributed by atoms with Gasteiger partial charge in [0.25, 0.3) is 5.91 Å². The number of halogens is 1. The fourth-order valence-corrected chi connectivity index (χ4v) is 5.54. The second-order valence-electron chi connectivity index (χ2n) is 8.82. The fraction of sp³-hybridized carbons (Fsp3) is 0.370. The predicted molar refractivity (Wildman–Crippen MR) is 141 cm³/mol. The van der Waals surface area contributed by atoms with Crippen LogP contribution in [0.1, 0.15) is 64.1 Å². The Morgan fingerprint density at radius 1 is 1.06 bits per heavy atom. The molecule has 1 aliphatic rings. The van der Waals surface area contributed by atoms with Gasteiger partial charge in [-0.05, 0) is 68.7 Å². The van der Waals surface area contributed by atoms with Crippen molar-refractivity contribution in [3.05, 3.63) is 74.7 Å². The molecule has 35 heavy (non-hydrogen) atoms. The van der Waals surface area contributed by atoms with E-state index in [0.29, 0.717) is 32.6 Å². The Morgan fingerprint density at radius 2 is 1.71 bits per heavy atom. The van der Waals surface area contributed by atoms with Crippen molar-refractivity contribution >= 4 is 40.4 Å². The van der Waals surface area contributed by atoms with Gasteiger partial charge >= 0.3 is 0 Å². The van der Waals surface area contributed by atoms with E-state index in [0.717, 1.165) is 30.7 Å². The number of thiazole rings is 1. The van der Waals surface area contributed by atoms with Crippen molar-refractivity contribution < 1.29 is 14.3 Å². The zero-order valence-electron chi connectivity index (χ0n) is 20.2. The van der Waals surface area contributed by atoms with Crippen LogP contribution in [0.4, 0.5) is 5.69 Å².